The van der Waals surface area contributed by atoms with Crippen molar-refractivity contribution in [2.75, 3.05) is 0 Å². The maximum absolute atomic E-state index is 11.2. The summed E-state index contributed by atoms with van der Waals surface area (Å²) >= 11 is 0. The molecule has 0 N–H and O–H groups in total. The van der Waals surface area contributed by atoms with E-state index < -0.39 is 12.0 Å². The van der Waals surface area contributed by atoms with E-state index in [-0.39, 0.29) is 29.7 Å². The van der Waals surface area contributed by atoms with Crippen molar-refractivity contribution in [1.29, 1.82) is 0 Å². The van der Waals surface area contributed by atoms with Gasteiger partial charge in [-0.25, -0.2) is 0 Å². The number of benzene rings is 3. The first-order valence-corrected chi connectivity index (χ1v) is 8.47. The average Bonchev–Trinajstić information content (AvgIpc) is 2.73. The number of aliphatic carboxylic acids is 1. The van der Waals surface area contributed by atoms with E-state index >= 15 is 0 Å². The van der Waals surface area contributed by atoms with Crippen LogP contribution in [-0.2, 0) is 4.79 Å². The molecular weight excluding hydrogens is 457 g/mol. The van der Waals surface area contributed by atoms with E-state index in [1.807, 2.05) is 60.7 Å². The number of hydrogen-bond acceptors (Lipinski definition) is 4. The maximum atomic E-state index is 11.2. The number of carbonyl (C=O) groups is 1. The van der Waals surface area contributed by atoms with Gasteiger partial charge < -0.3 is 15.0 Å². The average molecular weight is 478 g/mol. The fourth-order valence-corrected chi connectivity index (χ4v) is 1.77. The molecule has 3 rings (SSSR count). The van der Waals surface area contributed by atoms with E-state index in [2.05, 4.69) is 17.1 Å². The molecule has 140 valence electrons. The van der Waals surface area contributed by atoms with Crippen molar-refractivity contribution in [3.05, 3.63) is 103 Å². The van der Waals surface area contributed by atoms with Crippen molar-refractivity contribution >= 4 is 36.1 Å². The van der Waals surface area contributed by atoms with E-state index in [0.29, 0.717) is 12.0 Å². The van der Waals surface area contributed by atoms with Crippen LogP contribution >= 0.6 is 0 Å². The van der Waals surface area contributed by atoms with Gasteiger partial charge in [-0.05, 0) is 24.1 Å². The molecule has 0 amide bonds. The molecule has 0 fully saturated rings. The van der Waals surface area contributed by atoms with Crippen LogP contribution in [0.2, 0.25) is 0 Å². The van der Waals surface area contributed by atoms with Crippen LogP contribution in [0.3, 0.4) is 0 Å². The Kier molecular flexibility index (Phi) is 15.0. The predicted octanol–water partition coefficient (Wildman–Crippen LogP) is 2.30. The van der Waals surface area contributed by atoms with Crippen molar-refractivity contribution in [3.63, 3.8) is 0 Å². The number of aliphatic imine (C=N–C) groups is 1. The zero-order chi connectivity index (χ0) is 19.7. The number of carbonyl (C=O) groups excluding carboxylic acids is 1. The van der Waals surface area contributed by atoms with Crippen LogP contribution in [-0.4, -0.2) is 42.1 Å². The molecule has 0 aliphatic carbocycles. The third-order valence-corrected chi connectivity index (χ3v) is 3.19. The summed E-state index contributed by atoms with van der Waals surface area (Å²) in [6.45, 7) is 1.70. The monoisotopic (exact) mass is 479 g/mol. The standard InChI is InChI=1S/C11H13NO3.2C6H5.Sn/c1-2-9(11(14)15)12-7-8-5-3-4-6-10(8)13;2*1-2-4-6-5-3-1;/h3-7,9,13H,2H2,1H3,(H,14,15);2*1-5H;/q;;;+2/p-2/t9-;;;/m0.../s1. The zero-order valence-corrected chi connectivity index (χ0v) is 18.5. The van der Waals surface area contributed by atoms with Gasteiger partial charge in [-0.15, -0.1) is 5.75 Å². The van der Waals surface area contributed by atoms with Crippen LogP contribution < -0.4 is 10.2 Å². The second-order valence-corrected chi connectivity index (χ2v) is 5.21. The molecule has 0 bridgehead atoms. The summed E-state index contributed by atoms with van der Waals surface area (Å²) in [5.41, 5.74) is 0.386. The summed E-state index contributed by atoms with van der Waals surface area (Å²) in [4.78, 5) is 14.3. The molecule has 0 aliphatic rings. The van der Waals surface area contributed by atoms with Crippen LogP contribution in [0.5, 0.6) is 5.75 Å². The minimum Gasteiger partial charge on any atom is -0.872 e. The maximum Gasteiger partial charge on any atom is 2.00 e. The number of nitrogens with zero attached hydrogens (tertiary/aromatic N) is 1. The first-order valence-electron chi connectivity index (χ1n) is 8.47. The summed E-state index contributed by atoms with van der Waals surface area (Å²) in [5.74, 6) is -1.40. The van der Waals surface area contributed by atoms with Gasteiger partial charge >= 0.3 is 23.9 Å². The first-order chi connectivity index (χ1) is 13.1. The normalized spacial score (nSPS) is 10.3. The number of rotatable bonds is 4. The van der Waals surface area contributed by atoms with Crippen molar-refractivity contribution in [2.24, 2.45) is 4.99 Å². The van der Waals surface area contributed by atoms with E-state index in [1.165, 1.54) is 12.3 Å². The fraction of sp³-hybridized carbons (Fsp3) is 0.130. The largest absolute Gasteiger partial charge is 2.00 e. The number of carboxylic acids is 1. The van der Waals surface area contributed by atoms with Gasteiger partial charge in [0.15, 0.2) is 0 Å². The van der Waals surface area contributed by atoms with Gasteiger partial charge in [0.2, 0.25) is 0 Å². The summed E-state index contributed by atoms with van der Waals surface area (Å²) in [6.07, 6.45) is 1.63. The van der Waals surface area contributed by atoms with Gasteiger partial charge in [0.1, 0.15) is 0 Å². The van der Waals surface area contributed by atoms with E-state index in [9.17, 15) is 15.0 Å². The van der Waals surface area contributed by atoms with Crippen LogP contribution in [0.1, 0.15) is 18.9 Å². The molecular formula is C23H21NO3Sn. The zero-order valence-electron chi connectivity index (χ0n) is 15.6. The van der Waals surface area contributed by atoms with Crippen LogP contribution in [0.25, 0.3) is 0 Å². The van der Waals surface area contributed by atoms with Gasteiger partial charge in [0.05, 0.1) is 12.0 Å². The van der Waals surface area contributed by atoms with Crippen LogP contribution in [0, 0.1) is 12.1 Å². The minimum absolute atomic E-state index is 0. The Hall–Kier alpha value is -2.60. The van der Waals surface area contributed by atoms with Gasteiger partial charge in [-0.1, -0.05) is 91.9 Å². The molecule has 5 heteroatoms. The van der Waals surface area contributed by atoms with Gasteiger partial charge in [-0.2, -0.15) is 0 Å². The van der Waals surface area contributed by atoms with Gasteiger partial charge in [-0.3, -0.25) is 4.99 Å². The minimum atomic E-state index is -1.22. The van der Waals surface area contributed by atoms with Crippen LogP contribution in [0.15, 0.2) is 89.9 Å². The quantitative estimate of drug-likeness (QED) is 0.427. The first kappa shape index (κ1) is 25.4. The Balaban J connectivity index is 0.000000459. The summed E-state index contributed by atoms with van der Waals surface area (Å²) < 4.78 is 0. The molecule has 3 aromatic carbocycles. The van der Waals surface area contributed by atoms with E-state index in [1.54, 1.807) is 25.1 Å². The second kappa shape index (κ2) is 16.6. The molecule has 0 heterocycles. The van der Waals surface area contributed by atoms with E-state index in [0.717, 1.165) is 0 Å². The number of para-hydroxylation sites is 1. The molecule has 0 spiro atoms. The molecule has 1 atom stereocenters. The molecule has 28 heavy (non-hydrogen) atoms. The van der Waals surface area contributed by atoms with Crippen molar-refractivity contribution in [2.45, 2.75) is 19.4 Å². The predicted molar refractivity (Wildman–Crippen MR) is 109 cm³/mol. The molecule has 0 unspecified atom stereocenters. The van der Waals surface area contributed by atoms with E-state index in [4.69, 9.17) is 0 Å². The molecule has 0 saturated carbocycles. The smallest absolute Gasteiger partial charge is 0.872 e. The topological polar surface area (TPSA) is 75.5 Å². The third kappa shape index (κ3) is 11.9. The Labute approximate surface area is 183 Å². The van der Waals surface area contributed by atoms with Crippen LogP contribution in [0.4, 0.5) is 0 Å². The number of hydrogen-bond donors (Lipinski definition) is 0. The summed E-state index contributed by atoms with van der Waals surface area (Å²) in [6, 6.07) is 30.4. The molecule has 3 aromatic rings. The Morgan fingerprint density at radius 3 is 1.79 bits per heavy atom. The van der Waals surface area contributed by atoms with Crippen molar-refractivity contribution < 1.29 is 15.0 Å². The molecule has 0 saturated heterocycles. The molecule has 4 nitrogen and oxygen atoms in total. The number of carboxylic acid groups (broad SMARTS) is 1. The molecule has 0 aromatic heterocycles. The Morgan fingerprint density at radius 2 is 1.46 bits per heavy atom. The van der Waals surface area contributed by atoms with Gasteiger partial charge in [0, 0.05) is 6.21 Å². The summed E-state index contributed by atoms with van der Waals surface area (Å²) in [5, 5.41) is 21.8. The fourth-order valence-electron chi connectivity index (χ4n) is 1.77. The van der Waals surface area contributed by atoms with Crippen molar-refractivity contribution in [1.82, 2.24) is 0 Å². The SMILES string of the molecule is CC[C@H](N=Cc1ccccc1[O-])C(=O)[O-].[Sn+2].[c]1ccccc1.[c]1ccccc1. The molecule has 0 aliphatic heterocycles. The third-order valence-electron chi connectivity index (χ3n) is 3.19. The summed E-state index contributed by atoms with van der Waals surface area (Å²) in [7, 11) is 0. The second-order valence-electron chi connectivity index (χ2n) is 5.21. The Bertz CT molecular complexity index is 695. The molecule has 4 radical (unpaired) electrons. The Morgan fingerprint density at radius 1 is 0.964 bits per heavy atom. The van der Waals surface area contributed by atoms with Crippen molar-refractivity contribution in [3.8, 4) is 5.75 Å². The van der Waals surface area contributed by atoms with Gasteiger partial charge in [0.25, 0.3) is 0 Å².